The monoisotopic (exact) mass is 95.0 g/mol. The normalized spacial score (nSPS) is 18.0. The van der Waals surface area contributed by atoms with Gasteiger partial charge in [0, 0.05) is 6.21 Å². The van der Waals surface area contributed by atoms with Crippen LogP contribution in [0.3, 0.4) is 0 Å². The zero-order valence-corrected chi connectivity index (χ0v) is 3.59. The molecule has 1 rings (SSSR count). The Bertz CT molecular complexity index is 137. The summed E-state index contributed by atoms with van der Waals surface area (Å²) >= 11 is 0. The maximum absolute atomic E-state index is 10.2. The molecule has 0 aromatic heterocycles. The molecule has 0 spiro atoms. The van der Waals surface area contributed by atoms with Crippen LogP contribution >= 0.6 is 0 Å². The predicted molar refractivity (Wildman–Crippen MR) is 25.6 cm³/mol. The van der Waals surface area contributed by atoms with Crippen molar-refractivity contribution in [3.8, 4) is 0 Å². The van der Waals surface area contributed by atoms with Crippen LogP contribution in [0.15, 0.2) is 10.2 Å². The standard InChI is InChI=1S/C4H3N2O/c7-4-1-2-5-6-3-4/h2H,1H2. The third kappa shape index (κ3) is 0.924. The van der Waals surface area contributed by atoms with E-state index in [-0.39, 0.29) is 5.78 Å². The summed E-state index contributed by atoms with van der Waals surface area (Å²) in [7, 11) is 0. The second kappa shape index (κ2) is 1.64. The van der Waals surface area contributed by atoms with E-state index in [1.165, 1.54) is 6.21 Å². The van der Waals surface area contributed by atoms with E-state index < -0.39 is 0 Å². The highest BCUT2D eigenvalue weighted by atomic mass is 16.1. The molecule has 0 unspecified atom stereocenters. The maximum atomic E-state index is 10.2. The van der Waals surface area contributed by atoms with E-state index in [1.807, 2.05) is 0 Å². The average Bonchev–Trinajstić information content (AvgIpc) is 1.69. The van der Waals surface area contributed by atoms with Gasteiger partial charge >= 0.3 is 0 Å². The Hall–Kier alpha value is -0.990. The van der Waals surface area contributed by atoms with Crippen molar-refractivity contribution in [3.05, 3.63) is 0 Å². The van der Waals surface area contributed by atoms with Crippen LogP contribution in [0.5, 0.6) is 0 Å². The molecule has 1 heterocycles. The van der Waals surface area contributed by atoms with E-state index in [0.717, 1.165) is 0 Å². The first-order valence-electron chi connectivity index (χ1n) is 1.90. The minimum absolute atomic E-state index is 0.102. The number of hydrogen-bond donors (Lipinski definition) is 0. The second-order valence-corrected chi connectivity index (χ2v) is 1.14. The zero-order chi connectivity index (χ0) is 5.11. The Labute approximate surface area is 40.8 Å². The summed E-state index contributed by atoms with van der Waals surface area (Å²) in [6.07, 6.45) is 3.98. The van der Waals surface area contributed by atoms with Crippen molar-refractivity contribution in [1.29, 1.82) is 0 Å². The first-order chi connectivity index (χ1) is 3.39. The quantitative estimate of drug-likeness (QED) is 0.414. The molecule has 0 fully saturated rings. The van der Waals surface area contributed by atoms with E-state index in [1.54, 1.807) is 0 Å². The van der Waals surface area contributed by atoms with Gasteiger partial charge in [-0.1, -0.05) is 0 Å². The molecular formula is C4H3N2O. The lowest BCUT2D eigenvalue weighted by Crippen LogP contribution is -2.01. The molecular weight excluding hydrogens is 92.1 g/mol. The van der Waals surface area contributed by atoms with Crippen molar-refractivity contribution < 1.29 is 4.79 Å². The molecule has 0 saturated heterocycles. The molecule has 3 nitrogen and oxygen atoms in total. The topological polar surface area (TPSA) is 41.8 Å². The Balaban J connectivity index is 2.66. The second-order valence-electron chi connectivity index (χ2n) is 1.14. The van der Waals surface area contributed by atoms with Crippen LogP contribution in [0.1, 0.15) is 6.42 Å². The number of rotatable bonds is 0. The van der Waals surface area contributed by atoms with Crippen LogP contribution in [0.4, 0.5) is 0 Å². The number of carbonyl (C=O) groups excluding carboxylic acids is 1. The number of hydrogen-bond acceptors (Lipinski definition) is 3. The van der Waals surface area contributed by atoms with Gasteiger partial charge in [-0.05, 0) is 0 Å². The Morgan fingerprint density at radius 2 is 2.71 bits per heavy atom. The van der Waals surface area contributed by atoms with Crippen LogP contribution in [0, 0.1) is 0 Å². The molecule has 35 valence electrons. The molecule has 0 aromatic carbocycles. The van der Waals surface area contributed by atoms with E-state index in [9.17, 15) is 4.79 Å². The minimum atomic E-state index is -0.102. The Morgan fingerprint density at radius 1 is 1.86 bits per heavy atom. The number of Topliss-reactive ketones (excluding diaryl/α,β-unsaturated/α-hetero) is 1. The Morgan fingerprint density at radius 3 is 3.00 bits per heavy atom. The molecule has 1 aliphatic heterocycles. The van der Waals surface area contributed by atoms with Crippen molar-refractivity contribution in [1.82, 2.24) is 0 Å². The van der Waals surface area contributed by atoms with Crippen molar-refractivity contribution in [2.24, 2.45) is 10.2 Å². The lowest BCUT2D eigenvalue weighted by atomic mass is 10.3. The van der Waals surface area contributed by atoms with Gasteiger partial charge in [0.05, 0.1) is 6.42 Å². The third-order valence-electron chi connectivity index (χ3n) is 0.591. The van der Waals surface area contributed by atoms with E-state index in [4.69, 9.17) is 0 Å². The summed E-state index contributed by atoms with van der Waals surface area (Å²) < 4.78 is 0. The van der Waals surface area contributed by atoms with Crippen LogP contribution in [0.25, 0.3) is 0 Å². The summed E-state index contributed by atoms with van der Waals surface area (Å²) in [5.41, 5.74) is 0. The van der Waals surface area contributed by atoms with Crippen molar-refractivity contribution in [2.75, 3.05) is 0 Å². The van der Waals surface area contributed by atoms with Crippen LogP contribution in [-0.2, 0) is 4.79 Å². The van der Waals surface area contributed by atoms with Gasteiger partial charge in [-0.25, -0.2) is 0 Å². The highest BCUT2D eigenvalue weighted by molar-refractivity contribution is 6.31. The minimum Gasteiger partial charge on any atom is -0.292 e. The fourth-order valence-corrected chi connectivity index (χ4v) is 0.295. The highest BCUT2D eigenvalue weighted by Gasteiger charge is 1.96. The van der Waals surface area contributed by atoms with Crippen molar-refractivity contribution in [2.45, 2.75) is 6.42 Å². The third-order valence-corrected chi connectivity index (χ3v) is 0.591. The van der Waals surface area contributed by atoms with Gasteiger partial charge in [-0.2, -0.15) is 5.10 Å². The molecule has 1 radical (unpaired) electrons. The highest BCUT2D eigenvalue weighted by Crippen LogP contribution is 1.83. The van der Waals surface area contributed by atoms with Crippen molar-refractivity contribution in [3.63, 3.8) is 0 Å². The van der Waals surface area contributed by atoms with Gasteiger partial charge in [0.15, 0.2) is 12.0 Å². The largest absolute Gasteiger partial charge is 0.292 e. The molecule has 0 saturated carbocycles. The first-order valence-corrected chi connectivity index (χ1v) is 1.90. The Kier molecular flexibility index (Phi) is 0.978. The molecule has 1 aliphatic rings. The fraction of sp³-hybridized carbons (Fsp3) is 0.250. The van der Waals surface area contributed by atoms with Gasteiger partial charge in [-0.3, -0.25) is 4.79 Å². The summed E-state index contributed by atoms with van der Waals surface area (Å²) in [5.74, 6) is -0.102. The van der Waals surface area contributed by atoms with Gasteiger partial charge < -0.3 is 0 Å². The van der Waals surface area contributed by atoms with Crippen LogP contribution in [-0.4, -0.2) is 18.2 Å². The van der Waals surface area contributed by atoms with E-state index >= 15 is 0 Å². The molecule has 7 heavy (non-hydrogen) atoms. The predicted octanol–water partition coefficient (Wildman–Crippen LogP) is -0.107. The molecule has 0 aromatic rings. The number of ketones is 1. The molecule has 0 bridgehead atoms. The lowest BCUT2D eigenvalue weighted by molar-refractivity contribution is -0.111. The van der Waals surface area contributed by atoms with E-state index in [2.05, 4.69) is 16.4 Å². The zero-order valence-electron chi connectivity index (χ0n) is 3.59. The molecule has 3 heteroatoms. The SMILES string of the molecule is O=C1[C]=NN=CC1. The molecule has 0 amide bonds. The molecule has 0 aliphatic carbocycles. The summed E-state index contributed by atoms with van der Waals surface area (Å²) in [6.45, 7) is 0. The van der Waals surface area contributed by atoms with Gasteiger partial charge in [0.25, 0.3) is 0 Å². The first kappa shape index (κ1) is 4.18. The van der Waals surface area contributed by atoms with Crippen molar-refractivity contribution >= 4 is 18.2 Å². The summed E-state index contributed by atoms with van der Waals surface area (Å²) in [6, 6.07) is 0. The molecule has 0 atom stereocenters. The molecule has 0 N–H and O–H groups in total. The number of nitrogens with zero attached hydrogens (tertiary/aromatic N) is 2. The summed E-state index contributed by atoms with van der Waals surface area (Å²) in [5, 5.41) is 6.62. The van der Waals surface area contributed by atoms with Crippen LogP contribution in [0.2, 0.25) is 0 Å². The maximum Gasteiger partial charge on any atom is 0.190 e. The summed E-state index contributed by atoms with van der Waals surface area (Å²) in [4.78, 5) is 10.2. The fourth-order valence-electron chi connectivity index (χ4n) is 0.295. The van der Waals surface area contributed by atoms with Gasteiger partial charge in [0.2, 0.25) is 0 Å². The van der Waals surface area contributed by atoms with Gasteiger partial charge in [0.1, 0.15) is 0 Å². The number of carbonyl (C=O) groups is 1. The van der Waals surface area contributed by atoms with E-state index in [0.29, 0.717) is 6.42 Å². The lowest BCUT2D eigenvalue weighted by Gasteiger charge is -1.85. The van der Waals surface area contributed by atoms with Gasteiger partial charge in [-0.15, -0.1) is 5.10 Å². The van der Waals surface area contributed by atoms with Crippen LogP contribution < -0.4 is 0 Å². The smallest absolute Gasteiger partial charge is 0.190 e. The average molecular weight is 95.1 g/mol.